The second-order valence-electron chi connectivity index (χ2n) is 6.68. The fraction of sp³-hybridized carbons (Fsp3) is 0.261. The van der Waals surface area contributed by atoms with Gasteiger partial charge in [0.05, 0.1) is 13.7 Å². The lowest BCUT2D eigenvalue weighted by Crippen LogP contribution is -2.18. The second kappa shape index (κ2) is 8.76. The van der Waals surface area contributed by atoms with Crippen LogP contribution in [0, 0.1) is 0 Å². The summed E-state index contributed by atoms with van der Waals surface area (Å²) in [4.78, 5) is 6.49. The van der Waals surface area contributed by atoms with E-state index < -0.39 is 0 Å². The lowest BCUT2D eigenvalue weighted by Gasteiger charge is -2.26. The first-order valence-electron chi connectivity index (χ1n) is 9.51. The summed E-state index contributed by atoms with van der Waals surface area (Å²) < 4.78 is 17.2. The van der Waals surface area contributed by atoms with Gasteiger partial charge in [0.25, 0.3) is 0 Å². The number of aromatic nitrogens is 1. The molecule has 2 aromatic carbocycles. The highest BCUT2D eigenvalue weighted by molar-refractivity contribution is 5.66. The Labute approximate surface area is 165 Å². The van der Waals surface area contributed by atoms with Crippen LogP contribution < -0.4 is 14.4 Å². The molecule has 1 aliphatic heterocycles. The Balaban J connectivity index is 1.68. The molecule has 5 heteroatoms. The molecule has 3 aromatic rings. The summed E-state index contributed by atoms with van der Waals surface area (Å²) >= 11 is 0. The van der Waals surface area contributed by atoms with Gasteiger partial charge in [0.15, 0.2) is 17.8 Å². The van der Waals surface area contributed by atoms with Crippen LogP contribution in [0.3, 0.4) is 0 Å². The zero-order valence-electron chi connectivity index (χ0n) is 16.0. The van der Waals surface area contributed by atoms with Gasteiger partial charge >= 0.3 is 0 Å². The molecular weight excluding hydrogens is 352 g/mol. The summed E-state index contributed by atoms with van der Waals surface area (Å²) in [6.07, 6.45) is 5.38. The fourth-order valence-electron chi connectivity index (χ4n) is 3.32. The molecule has 1 atom stereocenters. The van der Waals surface area contributed by atoms with Gasteiger partial charge in [-0.3, -0.25) is 4.98 Å². The number of anilines is 2. The molecule has 0 radical (unpaired) electrons. The van der Waals surface area contributed by atoms with Crippen molar-refractivity contribution >= 4 is 11.4 Å². The number of nitrogens with zero attached hydrogens (tertiary/aromatic N) is 2. The van der Waals surface area contributed by atoms with Crippen molar-refractivity contribution in [2.45, 2.75) is 25.7 Å². The maximum atomic E-state index is 6.09. The Hall–Kier alpha value is -3.05. The van der Waals surface area contributed by atoms with Crippen molar-refractivity contribution in [1.82, 2.24) is 4.98 Å². The van der Waals surface area contributed by atoms with E-state index in [1.165, 1.54) is 0 Å². The molecule has 4 rings (SSSR count). The number of hydrogen-bond acceptors (Lipinski definition) is 5. The van der Waals surface area contributed by atoms with Crippen molar-refractivity contribution < 1.29 is 14.2 Å². The van der Waals surface area contributed by atoms with E-state index in [0.29, 0.717) is 18.0 Å². The predicted molar refractivity (Wildman–Crippen MR) is 109 cm³/mol. The minimum Gasteiger partial charge on any atom is -0.493 e. The van der Waals surface area contributed by atoms with Crippen LogP contribution >= 0.6 is 0 Å². The van der Waals surface area contributed by atoms with Crippen LogP contribution in [0.5, 0.6) is 11.5 Å². The van der Waals surface area contributed by atoms with Crippen LogP contribution in [0.25, 0.3) is 0 Å². The summed E-state index contributed by atoms with van der Waals surface area (Å²) in [7, 11) is 1.65. The van der Waals surface area contributed by atoms with Crippen LogP contribution in [0.2, 0.25) is 0 Å². The van der Waals surface area contributed by atoms with Crippen LogP contribution in [0.15, 0.2) is 73.1 Å². The van der Waals surface area contributed by atoms with E-state index in [-0.39, 0.29) is 6.29 Å². The van der Waals surface area contributed by atoms with Gasteiger partial charge in [-0.25, -0.2) is 0 Å². The minimum absolute atomic E-state index is 0.215. The van der Waals surface area contributed by atoms with Crippen molar-refractivity contribution in [3.63, 3.8) is 0 Å². The van der Waals surface area contributed by atoms with Gasteiger partial charge in [-0.1, -0.05) is 24.3 Å². The minimum atomic E-state index is -0.215. The third-order valence-electron chi connectivity index (χ3n) is 4.74. The highest BCUT2D eigenvalue weighted by Crippen LogP contribution is 2.37. The topological polar surface area (TPSA) is 43.8 Å². The maximum Gasteiger partial charge on any atom is 0.200 e. The second-order valence-corrected chi connectivity index (χ2v) is 6.68. The lowest BCUT2D eigenvalue weighted by atomic mass is 10.2. The molecule has 1 unspecified atom stereocenters. The summed E-state index contributed by atoms with van der Waals surface area (Å²) in [5, 5.41) is 0. The predicted octanol–water partition coefficient (Wildman–Crippen LogP) is 4.94. The SMILES string of the molecule is COc1ccc(N(Cc2cccnc2)c2ccccc2)cc1OC1CCCO1. The molecule has 0 N–H and O–H groups in total. The third-order valence-corrected chi connectivity index (χ3v) is 4.74. The highest BCUT2D eigenvalue weighted by atomic mass is 16.7. The molecule has 1 aromatic heterocycles. The number of pyridine rings is 1. The maximum absolute atomic E-state index is 6.09. The smallest absolute Gasteiger partial charge is 0.200 e. The Kier molecular flexibility index (Phi) is 5.73. The van der Waals surface area contributed by atoms with Crippen LogP contribution in [0.1, 0.15) is 18.4 Å². The summed E-state index contributed by atoms with van der Waals surface area (Å²) in [5.74, 6) is 1.40. The molecule has 2 heterocycles. The first-order valence-corrected chi connectivity index (χ1v) is 9.51. The summed E-state index contributed by atoms with van der Waals surface area (Å²) in [5.41, 5.74) is 3.24. The van der Waals surface area contributed by atoms with Gasteiger partial charge in [0.2, 0.25) is 0 Å². The van der Waals surface area contributed by atoms with E-state index in [0.717, 1.165) is 36.4 Å². The molecular formula is C23H24N2O3. The van der Waals surface area contributed by atoms with Gasteiger partial charge in [-0.15, -0.1) is 0 Å². The van der Waals surface area contributed by atoms with E-state index in [1.54, 1.807) is 13.3 Å². The van der Waals surface area contributed by atoms with Crippen molar-refractivity contribution in [2.24, 2.45) is 0 Å². The molecule has 0 aliphatic carbocycles. The highest BCUT2D eigenvalue weighted by Gasteiger charge is 2.20. The van der Waals surface area contributed by atoms with E-state index >= 15 is 0 Å². The van der Waals surface area contributed by atoms with Crippen LogP contribution in [-0.2, 0) is 11.3 Å². The first kappa shape index (κ1) is 18.3. The quantitative estimate of drug-likeness (QED) is 0.584. The molecule has 0 bridgehead atoms. The third kappa shape index (κ3) is 4.26. The fourth-order valence-corrected chi connectivity index (χ4v) is 3.32. The zero-order chi connectivity index (χ0) is 19.2. The Bertz CT molecular complexity index is 881. The Morgan fingerprint density at radius 2 is 1.93 bits per heavy atom. The van der Waals surface area contributed by atoms with E-state index in [9.17, 15) is 0 Å². The molecule has 5 nitrogen and oxygen atoms in total. The van der Waals surface area contributed by atoms with Crippen molar-refractivity contribution in [3.05, 3.63) is 78.6 Å². The van der Waals surface area contributed by atoms with Crippen LogP contribution in [0.4, 0.5) is 11.4 Å². The summed E-state index contributed by atoms with van der Waals surface area (Å²) in [6, 6.07) is 20.3. The average molecular weight is 376 g/mol. The Morgan fingerprint density at radius 1 is 1.04 bits per heavy atom. The number of methoxy groups -OCH3 is 1. The number of rotatable bonds is 7. The first-order chi connectivity index (χ1) is 13.8. The number of para-hydroxylation sites is 1. The number of benzene rings is 2. The van der Waals surface area contributed by atoms with Gasteiger partial charge in [-0.05, 0) is 42.3 Å². The molecule has 0 amide bonds. The van der Waals surface area contributed by atoms with Crippen LogP contribution in [-0.4, -0.2) is 25.0 Å². The molecule has 1 saturated heterocycles. The average Bonchev–Trinajstić information content (AvgIpc) is 3.26. The van der Waals surface area contributed by atoms with Crippen molar-refractivity contribution in [3.8, 4) is 11.5 Å². The molecule has 0 saturated carbocycles. The zero-order valence-corrected chi connectivity index (χ0v) is 16.0. The molecule has 144 valence electrons. The van der Waals surface area contributed by atoms with Crippen molar-refractivity contribution in [1.29, 1.82) is 0 Å². The normalized spacial score (nSPS) is 16.0. The molecule has 0 spiro atoms. The monoisotopic (exact) mass is 376 g/mol. The van der Waals surface area contributed by atoms with Gasteiger partial charge in [0.1, 0.15) is 0 Å². The van der Waals surface area contributed by atoms with E-state index in [2.05, 4.69) is 28.1 Å². The summed E-state index contributed by atoms with van der Waals surface area (Å²) in [6.45, 7) is 1.44. The van der Waals surface area contributed by atoms with Crippen molar-refractivity contribution in [2.75, 3.05) is 18.6 Å². The number of ether oxygens (including phenoxy) is 3. The standard InChI is InChI=1S/C23H24N2O3/c1-26-21-12-11-20(15-22(21)28-23-10-6-14-27-23)25(19-8-3-2-4-9-19)17-18-7-5-13-24-16-18/h2-5,7-9,11-13,15-16,23H,6,10,14,17H2,1H3. The van der Waals surface area contributed by atoms with E-state index in [1.807, 2.05) is 48.7 Å². The molecule has 1 aliphatic rings. The largest absolute Gasteiger partial charge is 0.493 e. The van der Waals surface area contributed by atoms with Gasteiger partial charge in [-0.2, -0.15) is 0 Å². The molecule has 1 fully saturated rings. The number of hydrogen-bond donors (Lipinski definition) is 0. The Morgan fingerprint density at radius 3 is 2.64 bits per heavy atom. The lowest BCUT2D eigenvalue weighted by molar-refractivity contribution is -0.0402. The van der Waals surface area contributed by atoms with Gasteiger partial charge < -0.3 is 19.1 Å². The van der Waals surface area contributed by atoms with Gasteiger partial charge in [0, 0.05) is 42.8 Å². The van der Waals surface area contributed by atoms with E-state index in [4.69, 9.17) is 14.2 Å². The molecule has 28 heavy (non-hydrogen) atoms.